The third-order valence-electron chi connectivity index (χ3n) is 15.8. The number of aromatic nitrogens is 4. The molecule has 3 fully saturated rings. The van der Waals surface area contributed by atoms with E-state index in [1.165, 1.54) is 0 Å². The van der Waals surface area contributed by atoms with E-state index in [4.69, 9.17) is 38.4 Å². The Bertz CT molecular complexity index is 3720. The Kier molecular flexibility index (Phi) is 16.2. The Labute approximate surface area is 478 Å². The Morgan fingerprint density at radius 1 is 0.369 bits per heavy atom. The summed E-state index contributed by atoms with van der Waals surface area (Å²) >= 11 is 0. The molecule has 0 aliphatic carbocycles. The number of benzene rings is 4. The minimum absolute atomic E-state index is 0.205. The van der Waals surface area contributed by atoms with Gasteiger partial charge in [0.25, 0.3) is 0 Å². The van der Waals surface area contributed by atoms with Crippen molar-refractivity contribution < 1.29 is 89.7 Å². The molecule has 3 aromatic heterocycles. The zero-order valence-electron chi connectivity index (χ0n) is 44.7. The number of aliphatic hydroxyl groups is 12. The Morgan fingerprint density at radius 3 is 1.07 bits per heavy atom. The van der Waals surface area contributed by atoms with Crippen LogP contribution in [0, 0.1) is 0 Å². The highest BCUT2D eigenvalue weighted by Gasteiger charge is 2.47. The second-order valence-electron chi connectivity index (χ2n) is 21.2. The lowest BCUT2D eigenvalue weighted by Gasteiger charge is -2.39. The molecule has 22 nitrogen and oxygen atoms in total. The van der Waals surface area contributed by atoms with Crippen LogP contribution in [-0.2, 0) is 27.1 Å². The quantitative estimate of drug-likeness (QED) is 0.0788. The number of hydrogen-bond acceptors (Lipinski definition) is 20. The summed E-state index contributed by atoms with van der Waals surface area (Å²) in [4.78, 5) is 18.2. The number of hydrogen-bond donors (Lipinski definition) is 14. The number of fused-ring (bicyclic) bond motifs is 8. The number of nitrogens with one attached hydrogen (secondary N) is 2. The second-order valence-corrected chi connectivity index (χ2v) is 21.2. The van der Waals surface area contributed by atoms with Crippen molar-refractivity contribution in [3.05, 3.63) is 150 Å². The molecule has 0 unspecified atom stereocenters. The summed E-state index contributed by atoms with van der Waals surface area (Å²) in [5.41, 5.74) is 10.3. The zero-order chi connectivity index (χ0) is 58.5. The molecule has 8 heterocycles. The van der Waals surface area contributed by atoms with Crippen molar-refractivity contribution >= 4 is 34.2 Å². The summed E-state index contributed by atoms with van der Waals surface area (Å²) in [5.74, 6) is 0.655. The zero-order valence-corrected chi connectivity index (χ0v) is 44.7. The first-order chi connectivity index (χ1) is 40.7. The molecule has 0 saturated carbocycles. The van der Waals surface area contributed by atoms with Crippen molar-refractivity contribution in [3.63, 3.8) is 0 Å². The standard InChI is InChI=1S/C62H62N4O18/c67-26-44-51(70)54(73)57(76)60(82-44)79-33-12-4-9-30(23-33)48-38-17-15-36(63-38)47(29-7-2-1-3-8-29)37-16-18-39(64-37)49(31-10-5-13-34(24-31)80-61-58(77)55(74)52(71)45(27-68)83-61)41-20-22-43(66-41)50(42-21-19-40(48)65-42)32-11-6-14-35(25-32)81-62-59(78)56(75)53(72)46(28-69)84-62/h1-19,21,23-25,44-46,51-62,64-65,67-78H,20,22,26-28H2/t44-,45-,46-,51-,52-,53-,54-,55-,56-,57-,58-,59-,60-,61-,62-/m1/s1. The van der Waals surface area contributed by atoms with Crippen molar-refractivity contribution in [1.82, 2.24) is 19.9 Å². The van der Waals surface area contributed by atoms with Gasteiger partial charge in [0.05, 0.1) is 42.6 Å². The molecule has 4 aromatic carbocycles. The average Bonchev–Trinajstić information content (AvgIpc) is 4.40. The molecule has 0 amide bonds. The van der Waals surface area contributed by atoms with Crippen molar-refractivity contribution in [2.45, 2.75) is 105 Å². The summed E-state index contributed by atoms with van der Waals surface area (Å²) < 4.78 is 35.7. The van der Waals surface area contributed by atoms with Gasteiger partial charge in [0.1, 0.15) is 90.5 Å². The first-order valence-electron chi connectivity index (χ1n) is 27.4. The number of nitrogens with zero attached hydrogens (tertiary/aromatic N) is 2. The third kappa shape index (κ3) is 10.9. The van der Waals surface area contributed by atoms with E-state index < -0.39 is 112 Å². The number of aliphatic hydroxyl groups excluding tert-OH is 12. The molecule has 438 valence electrons. The second kappa shape index (κ2) is 23.9. The molecule has 15 atom stereocenters. The van der Waals surface area contributed by atoms with Gasteiger partial charge in [-0.05, 0) is 108 Å². The predicted octanol–water partition coefficient (Wildman–Crippen LogP) is 2.47. The van der Waals surface area contributed by atoms with Crippen LogP contribution in [0.4, 0.5) is 0 Å². The van der Waals surface area contributed by atoms with Gasteiger partial charge in [-0.1, -0.05) is 66.7 Å². The maximum absolute atomic E-state index is 11.0. The van der Waals surface area contributed by atoms with Crippen LogP contribution in [0.15, 0.2) is 127 Å². The van der Waals surface area contributed by atoms with Crippen LogP contribution >= 0.6 is 0 Å². The lowest BCUT2D eigenvalue weighted by Crippen LogP contribution is -2.60. The van der Waals surface area contributed by atoms with Gasteiger partial charge in [0.2, 0.25) is 18.9 Å². The number of rotatable bonds is 13. The number of aryl methyl sites for hydroxylation is 2. The van der Waals surface area contributed by atoms with Gasteiger partial charge in [0, 0.05) is 44.3 Å². The van der Waals surface area contributed by atoms with Crippen LogP contribution < -0.4 is 14.2 Å². The molecule has 5 aliphatic heterocycles. The fourth-order valence-corrected chi connectivity index (χ4v) is 11.4. The molecule has 0 spiro atoms. The van der Waals surface area contributed by atoms with Gasteiger partial charge in [-0.15, -0.1) is 0 Å². The van der Waals surface area contributed by atoms with E-state index >= 15 is 0 Å². The summed E-state index contributed by atoms with van der Waals surface area (Å²) in [6.07, 6.45) is -18.2. The number of H-pyrrole nitrogens is 2. The highest BCUT2D eigenvalue weighted by molar-refractivity contribution is 5.97. The maximum Gasteiger partial charge on any atom is 0.229 e. The molecule has 84 heavy (non-hydrogen) atoms. The summed E-state index contributed by atoms with van der Waals surface area (Å²) in [6.45, 7) is -1.94. The van der Waals surface area contributed by atoms with Gasteiger partial charge < -0.3 is 99.7 Å². The van der Waals surface area contributed by atoms with Crippen LogP contribution in [0.25, 0.3) is 78.7 Å². The summed E-state index contributed by atoms with van der Waals surface area (Å²) in [7, 11) is 0. The molecule has 12 rings (SSSR count). The van der Waals surface area contributed by atoms with Gasteiger partial charge in [-0.3, -0.25) is 4.98 Å². The van der Waals surface area contributed by atoms with E-state index in [1.807, 2.05) is 84.9 Å². The van der Waals surface area contributed by atoms with Crippen molar-refractivity contribution in [1.29, 1.82) is 0 Å². The molecule has 14 N–H and O–H groups in total. The highest BCUT2D eigenvalue weighted by atomic mass is 16.7. The van der Waals surface area contributed by atoms with E-state index in [2.05, 4.69) is 9.97 Å². The van der Waals surface area contributed by atoms with Crippen LogP contribution in [0.2, 0.25) is 0 Å². The average molecular weight is 1150 g/mol. The molecule has 0 radical (unpaired) electrons. The fourth-order valence-electron chi connectivity index (χ4n) is 11.4. The fraction of sp³-hybridized carbons (Fsp3) is 0.323. The molecule has 3 saturated heterocycles. The van der Waals surface area contributed by atoms with Crippen LogP contribution in [-0.4, -0.2) is 193 Å². The van der Waals surface area contributed by atoms with Crippen molar-refractivity contribution in [2.75, 3.05) is 19.8 Å². The minimum atomic E-state index is -1.69. The third-order valence-corrected chi connectivity index (χ3v) is 15.8. The minimum Gasteiger partial charge on any atom is -0.462 e. The van der Waals surface area contributed by atoms with Gasteiger partial charge in [-0.2, -0.15) is 0 Å². The van der Waals surface area contributed by atoms with Crippen LogP contribution in [0.5, 0.6) is 17.2 Å². The lowest BCUT2D eigenvalue weighted by atomic mass is 9.99. The first-order valence-corrected chi connectivity index (χ1v) is 27.4. The highest BCUT2D eigenvalue weighted by Crippen LogP contribution is 2.41. The van der Waals surface area contributed by atoms with E-state index in [1.54, 1.807) is 54.6 Å². The maximum atomic E-state index is 11.0. The molecule has 5 aliphatic rings. The Hall–Kier alpha value is -7.46. The van der Waals surface area contributed by atoms with Crippen molar-refractivity contribution in [3.8, 4) is 61.8 Å². The predicted molar refractivity (Wildman–Crippen MR) is 302 cm³/mol. The van der Waals surface area contributed by atoms with Crippen molar-refractivity contribution in [2.24, 2.45) is 0 Å². The Balaban J connectivity index is 1.08. The van der Waals surface area contributed by atoms with Crippen LogP contribution in [0.1, 0.15) is 22.8 Å². The topological polar surface area (TPSA) is 356 Å². The van der Waals surface area contributed by atoms with Crippen LogP contribution in [0.3, 0.4) is 0 Å². The summed E-state index contributed by atoms with van der Waals surface area (Å²) in [5, 5.41) is 126. The number of ether oxygens (including phenoxy) is 6. The molecule has 7 aromatic rings. The van der Waals surface area contributed by atoms with E-state index in [0.29, 0.717) is 91.1 Å². The van der Waals surface area contributed by atoms with E-state index in [-0.39, 0.29) is 17.2 Å². The van der Waals surface area contributed by atoms with Gasteiger partial charge in [-0.25, -0.2) is 4.98 Å². The smallest absolute Gasteiger partial charge is 0.229 e. The molecule has 8 bridgehead atoms. The Morgan fingerprint density at radius 2 is 0.702 bits per heavy atom. The van der Waals surface area contributed by atoms with E-state index in [0.717, 1.165) is 11.1 Å². The monoisotopic (exact) mass is 1150 g/mol. The SMILES string of the molecule is OC[C@H]1O[C@@H](Oc2cccc(-c3c4nc(c(-c5ccccc5)c5ccc([nH]5)c(-c5cccc(O[C@@H]6O[C@H](CO)[C@@H](O)[C@@H](O)[C@H]6O)c5)c5nc(c(-c6cccc(O[C@@H]7O[C@H](CO)[C@@H](O)[C@@H](O)[C@H]7O)c6)c6ccc3[nH]6)CC5)C=C4)c2)[C@H](O)[C@H](O)[C@@H]1O. The molecular weight excluding hydrogens is 1090 g/mol. The lowest BCUT2D eigenvalue weighted by molar-refractivity contribution is -0.277. The van der Waals surface area contributed by atoms with Gasteiger partial charge in [0.15, 0.2) is 0 Å². The normalized spacial score (nSPS) is 28.7. The van der Waals surface area contributed by atoms with Gasteiger partial charge >= 0.3 is 0 Å². The largest absolute Gasteiger partial charge is 0.462 e. The number of aromatic amines is 2. The molecular formula is C62H62N4O18. The van der Waals surface area contributed by atoms with E-state index in [9.17, 15) is 61.3 Å². The molecule has 22 heteroatoms. The summed E-state index contributed by atoms with van der Waals surface area (Å²) in [6, 6.07) is 38.4. The first kappa shape index (κ1) is 57.0.